The van der Waals surface area contributed by atoms with E-state index in [1.807, 2.05) is 12.1 Å². The lowest BCUT2D eigenvalue weighted by atomic mass is 10.1. The minimum atomic E-state index is 0.812. The topological polar surface area (TPSA) is 12.0 Å². The fraction of sp³-hybridized carbons (Fsp3) is 0.680. The minimum absolute atomic E-state index is 0.812. The van der Waals surface area contributed by atoms with Crippen LogP contribution in [0.1, 0.15) is 102 Å². The minimum Gasteiger partial charge on any atom is -0.313 e. The smallest absolute Gasteiger partial charge is 0.0406 e. The Hall–Kier alpha value is -0.790. The van der Waals surface area contributed by atoms with Crippen molar-refractivity contribution in [2.75, 3.05) is 6.54 Å². The van der Waals surface area contributed by atoms with Gasteiger partial charge in [0.05, 0.1) is 0 Å². The summed E-state index contributed by atoms with van der Waals surface area (Å²) in [6, 6.07) is 8.11. The van der Waals surface area contributed by atoms with Crippen molar-refractivity contribution in [1.29, 1.82) is 0 Å². The van der Waals surface area contributed by atoms with Crippen LogP contribution in [0.25, 0.3) is 0 Å². The van der Waals surface area contributed by atoms with Crippen LogP contribution in [-0.2, 0) is 6.54 Å². The first kappa shape index (κ1) is 24.2. The number of unbranched alkanes of at least 4 members (excludes halogenated alkanes) is 12. The molecule has 0 spiro atoms. The lowest BCUT2D eigenvalue weighted by Gasteiger charge is -2.05. The van der Waals surface area contributed by atoms with E-state index in [1.165, 1.54) is 95.5 Å². The summed E-state index contributed by atoms with van der Waals surface area (Å²) in [5, 5.41) is 4.33. The van der Waals surface area contributed by atoms with Gasteiger partial charge < -0.3 is 5.32 Å². The van der Waals surface area contributed by atoms with Crippen LogP contribution in [0.2, 0.25) is 5.02 Å². The molecule has 0 saturated carbocycles. The van der Waals surface area contributed by atoms with Gasteiger partial charge >= 0.3 is 0 Å². The maximum Gasteiger partial charge on any atom is 0.0406 e. The van der Waals surface area contributed by atoms with E-state index in [4.69, 9.17) is 11.6 Å². The summed E-state index contributed by atoms with van der Waals surface area (Å²) < 4.78 is 0. The molecule has 0 saturated heterocycles. The van der Waals surface area contributed by atoms with Crippen LogP contribution in [-0.4, -0.2) is 6.54 Å². The number of nitrogens with one attached hydrogen (secondary N) is 1. The number of allylic oxidation sites excluding steroid dienone is 2. The standard InChI is InChI=1S/C25H42ClN/c1-2-3-4-5-6-7-8-9-10-11-12-13-14-15-16-17-22-27-23-24-18-20-25(26)21-19-24/h9-10,18-21,27H,2-8,11-17,22-23H2,1H3. The van der Waals surface area contributed by atoms with Crippen LogP contribution < -0.4 is 5.32 Å². The van der Waals surface area contributed by atoms with Crippen molar-refractivity contribution in [2.24, 2.45) is 0 Å². The van der Waals surface area contributed by atoms with Gasteiger partial charge in [-0.2, -0.15) is 0 Å². The first-order chi connectivity index (χ1) is 13.3. The van der Waals surface area contributed by atoms with Crippen molar-refractivity contribution in [3.05, 3.63) is 47.0 Å². The van der Waals surface area contributed by atoms with Crippen LogP contribution in [0, 0.1) is 0 Å². The lowest BCUT2D eigenvalue weighted by molar-refractivity contribution is 0.566. The molecule has 0 atom stereocenters. The van der Waals surface area contributed by atoms with Crippen molar-refractivity contribution in [2.45, 2.75) is 103 Å². The molecule has 27 heavy (non-hydrogen) atoms. The van der Waals surface area contributed by atoms with Gasteiger partial charge in [0, 0.05) is 11.6 Å². The molecule has 0 bridgehead atoms. The molecule has 1 N–H and O–H groups in total. The van der Waals surface area contributed by atoms with E-state index in [2.05, 4.69) is 36.5 Å². The molecular weight excluding hydrogens is 350 g/mol. The van der Waals surface area contributed by atoms with Crippen LogP contribution in [0.3, 0.4) is 0 Å². The Morgan fingerprint density at radius 2 is 1.22 bits per heavy atom. The Bertz CT molecular complexity index is 452. The molecule has 0 aliphatic rings. The van der Waals surface area contributed by atoms with Gasteiger partial charge in [-0.25, -0.2) is 0 Å². The van der Waals surface area contributed by atoms with E-state index in [0.717, 1.165) is 18.1 Å². The summed E-state index contributed by atoms with van der Waals surface area (Å²) in [7, 11) is 0. The summed E-state index contributed by atoms with van der Waals surface area (Å²) in [6.45, 7) is 4.34. The summed E-state index contributed by atoms with van der Waals surface area (Å²) in [4.78, 5) is 0. The summed E-state index contributed by atoms with van der Waals surface area (Å²) in [6.07, 6.45) is 24.0. The van der Waals surface area contributed by atoms with Gasteiger partial charge in [-0.1, -0.05) is 101 Å². The van der Waals surface area contributed by atoms with E-state index in [0.29, 0.717) is 0 Å². The van der Waals surface area contributed by atoms with Gasteiger partial charge in [-0.05, 0) is 56.3 Å². The number of benzene rings is 1. The zero-order valence-corrected chi connectivity index (χ0v) is 18.4. The second-order valence-corrected chi connectivity index (χ2v) is 8.18. The SMILES string of the molecule is CCCCCCCCC=CCCCCCCCCNCc1ccc(Cl)cc1. The van der Waals surface area contributed by atoms with Gasteiger partial charge in [0.2, 0.25) is 0 Å². The van der Waals surface area contributed by atoms with E-state index < -0.39 is 0 Å². The molecule has 0 amide bonds. The van der Waals surface area contributed by atoms with E-state index in [9.17, 15) is 0 Å². The third-order valence-electron chi connectivity index (χ3n) is 5.11. The first-order valence-corrected chi connectivity index (χ1v) is 11.8. The fourth-order valence-corrected chi connectivity index (χ4v) is 3.46. The highest BCUT2D eigenvalue weighted by atomic mass is 35.5. The Kier molecular flexibility index (Phi) is 16.7. The predicted molar refractivity (Wildman–Crippen MR) is 123 cm³/mol. The monoisotopic (exact) mass is 391 g/mol. The quantitative estimate of drug-likeness (QED) is 0.195. The molecule has 1 rings (SSSR count). The largest absolute Gasteiger partial charge is 0.313 e. The average Bonchev–Trinajstić information content (AvgIpc) is 2.68. The van der Waals surface area contributed by atoms with Gasteiger partial charge in [0.25, 0.3) is 0 Å². The van der Waals surface area contributed by atoms with E-state index in [-0.39, 0.29) is 0 Å². The number of hydrogen-bond donors (Lipinski definition) is 1. The Morgan fingerprint density at radius 1 is 0.704 bits per heavy atom. The van der Waals surface area contributed by atoms with Crippen molar-refractivity contribution in [3.8, 4) is 0 Å². The molecule has 0 aliphatic carbocycles. The average molecular weight is 392 g/mol. The van der Waals surface area contributed by atoms with Crippen molar-refractivity contribution in [3.63, 3.8) is 0 Å². The predicted octanol–water partition coefficient (Wildman–Crippen LogP) is 8.47. The highest BCUT2D eigenvalue weighted by Gasteiger charge is 1.94. The molecule has 1 aromatic carbocycles. The maximum atomic E-state index is 5.90. The normalized spacial score (nSPS) is 11.5. The number of hydrogen-bond acceptors (Lipinski definition) is 1. The second kappa shape index (κ2) is 18.6. The molecule has 154 valence electrons. The van der Waals surface area contributed by atoms with Crippen molar-refractivity contribution >= 4 is 11.6 Å². The van der Waals surface area contributed by atoms with Gasteiger partial charge in [-0.15, -0.1) is 0 Å². The molecule has 0 unspecified atom stereocenters. The molecule has 2 heteroatoms. The molecule has 1 aromatic rings. The number of halogens is 1. The molecule has 0 fully saturated rings. The first-order valence-electron chi connectivity index (χ1n) is 11.4. The third-order valence-corrected chi connectivity index (χ3v) is 5.36. The van der Waals surface area contributed by atoms with Crippen molar-refractivity contribution < 1.29 is 0 Å². The molecular formula is C25H42ClN. The van der Waals surface area contributed by atoms with Gasteiger partial charge in [0.1, 0.15) is 0 Å². The molecule has 0 radical (unpaired) electrons. The van der Waals surface area contributed by atoms with Gasteiger partial charge in [0.15, 0.2) is 0 Å². The van der Waals surface area contributed by atoms with Crippen LogP contribution in [0.4, 0.5) is 0 Å². The van der Waals surface area contributed by atoms with Crippen molar-refractivity contribution in [1.82, 2.24) is 5.32 Å². The van der Waals surface area contributed by atoms with Crippen LogP contribution in [0.5, 0.6) is 0 Å². The van der Waals surface area contributed by atoms with Crippen LogP contribution >= 0.6 is 11.6 Å². The summed E-state index contributed by atoms with van der Waals surface area (Å²) >= 11 is 5.90. The maximum absolute atomic E-state index is 5.90. The zero-order chi connectivity index (χ0) is 19.4. The Morgan fingerprint density at radius 3 is 1.81 bits per heavy atom. The molecule has 0 heterocycles. The third kappa shape index (κ3) is 15.9. The molecule has 1 nitrogen and oxygen atoms in total. The Balaban J connectivity index is 1.76. The Labute approximate surface area is 174 Å². The highest BCUT2D eigenvalue weighted by Crippen LogP contribution is 2.11. The molecule has 0 aromatic heterocycles. The zero-order valence-electron chi connectivity index (χ0n) is 17.7. The summed E-state index contributed by atoms with van der Waals surface area (Å²) in [5.41, 5.74) is 1.31. The van der Waals surface area contributed by atoms with E-state index in [1.54, 1.807) is 0 Å². The van der Waals surface area contributed by atoms with Crippen LogP contribution in [0.15, 0.2) is 36.4 Å². The number of rotatable bonds is 18. The second-order valence-electron chi connectivity index (χ2n) is 7.74. The highest BCUT2D eigenvalue weighted by molar-refractivity contribution is 6.30. The summed E-state index contributed by atoms with van der Waals surface area (Å²) in [5.74, 6) is 0. The van der Waals surface area contributed by atoms with E-state index >= 15 is 0 Å². The molecule has 0 aliphatic heterocycles. The lowest BCUT2D eigenvalue weighted by Crippen LogP contribution is -2.14. The fourth-order valence-electron chi connectivity index (χ4n) is 3.33. The van der Waals surface area contributed by atoms with Gasteiger partial charge in [-0.3, -0.25) is 0 Å².